The lowest BCUT2D eigenvalue weighted by atomic mass is 9.86. The Balaban J connectivity index is 0.000000126. The average molecular weight is 2090 g/mol. The standard InChI is InChI=1S/C22H22N4O5S.C22H26N4O2.C20H27N5O5S.C19H21N3O4S.C18H22N6O4S/c23-32(28,29)30-12-14-10-15(11-18(14)27)31-19-8-9-24-22-20(19)25-21(26-22)17-7-3-5-13-4-1-2-6-16(13)17;27-11-14-8-15(9-20(14)28)25-22-21-19(23-12-24-22)10-18(26-21)17-7-3-5-13-4-1-2-6-16(13)17;1-25(16-8-13(19(26)20(16)27)10-30-31(21,28)29)18-9-17(22-11-23-18)24-15-7-6-12-4-2-3-5-14(12)15;20-27(24,25)26-12-16-8-15(10-19(16)23)9-18-11-17(21-13-22-18)7-6-14-4-2-1-3-5-14;1-10-4-2-3-5-13(10)16-23-15-17(20-9-21-18(15)24-16)22-12-6-11(14(25)7-12)8-28-29(19,26)27/h1-9,14-15,18,27H,10-12H2,(H2,23,28,29)(H,24,25,26);3,5,7,12,14-15,20,27-28H,1-2,4,6,8-11H2,(H,23,24,25);2-5,9,11,13,15-16,19-20,26-27H,6-8,10H2,1H3,(H2,21,28,29)(H,22,23,24);1-5,11,13,15-16,19,23H,8-10,12H2,(H2,20,24,25);2-5,9,11-12,14,25H,6-8H2,1H3,(H2,19,26,27)(H2,20,21,22,23,24)/t14-,15+,18-;14-,15+,20-;13-,15+,16-,19-,20+;15-,16+,19-;11-,12+,14-/m00100/s1. The topological polar surface area (TPSA) is 653 Å². The van der Waals surface area contributed by atoms with Crippen LogP contribution in [0.3, 0.4) is 0 Å². The maximum Gasteiger partial charge on any atom is 0.333 e. The second-order valence-corrected chi connectivity index (χ2v) is 43.1. The van der Waals surface area contributed by atoms with Crippen LogP contribution >= 0.6 is 0 Å². The highest BCUT2D eigenvalue weighted by molar-refractivity contribution is 7.85. The lowest BCUT2D eigenvalue weighted by Crippen LogP contribution is -2.41. The van der Waals surface area contributed by atoms with E-state index in [1.807, 2.05) is 110 Å². The van der Waals surface area contributed by atoms with Crippen molar-refractivity contribution < 1.29 is 90.9 Å². The van der Waals surface area contributed by atoms with E-state index in [0.29, 0.717) is 121 Å². The molecule has 5 fully saturated rings. The minimum atomic E-state index is -4.12. The molecule has 20 N–H and O–H groups in total. The summed E-state index contributed by atoms with van der Waals surface area (Å²) in [6.07, 6.45) is 15.3. The highest BCUT2D eigenvalue weighted by Gasteiger charge is 2.46. The molecule has 8 aliphatic rings. The molecule has 13 aromatic rings. The van der Waals surface area contributed by atoms with Gasteiger partial charge in [0.2, 0.25) is 0 Å². The van der Waals surface area contributed by atoms with Crippen molar-refractivity contribution in [1.29, 1.82) is 0 Å². The summed E-state index contributed by atoms with van der Waals surface area (Å²) in [7, 11) is -14.4. The number of nitrogens with one attached hydrogen (secondary N) is 5. The Kier molecular flexibility index (Phi) is 33.7. The number of ether oxygens (including phenoxy) is 1. The van der Waals surface area contributed by atoms with E-state index >= 15 is 0 Å². The van der Waals surface area contributed by atoms with E-state index in [4.69, 9.17) is 30.3 Å². The molecule has 6 aromatic carbocycles. The van der Waals surface area contributed by atoms with Crippen LogP contribution in [0.2, 0.25) is 0 Å². The SMILES string of the molecule is CN(c1cc(N[C@H]2CCc3ccccc32)ncn1)[C@@H]1C[C@H](COS(N)(=O)=O)[C@@H](O)[C@H]1O.Cc1ccccc1-c1nc2ncnc(N[C@@H]3C[C@@H](COS(N)(=O)=O)[C@@H](O)C3)c2[nH]1.NS(=O)(=O)OC[C@@H]1C[C@@H](Oc2ccnc3nc(-c4cccc5ccccc45)[nH]c23)C[C@@H]1O.NS(=O)(=O)OC[C@H]1C[C@@H](Cc2cc(C#Cc3ccccc3)ncn2)C[C@@H]1O.OC[C@@H]1C[C@@H](Nc2ncnc3c2N=C(c2cccc4c2CCCC4)C3)C[C@@H]1O. The van der Waals surface area contributed by atoms with E-state index in [-0.39, 0.29) is 86.9 Å². The van der Waals surface area contributed by atoms with Crippen LogP contribution in [0.15, 0.2) is 194 Å². The number of aromatic amines is 2. The van der Waals surface area contributed by atoms with Gasteiger partial charge in [-0.3, -0.25) is 16.7 Å². The van der Waals surface area contributed by atoms with Crippen LogP contribution < -0.4 is 46.1 Å². The molecule has 0 saturated heterocycles. The minimum Gasteiger partial charge on any atom is -0.488 e. The Hall–Kier alpha value is -12.6. The van der Waals surface area contributed by atoms with E-state index in [1.165, 1.54) is 59.6 Å². The van der Waals surface area contributed by atoms with Crippen molar-refractivity contribution in [2.45, 2.75) is 183 Å². The van der Waals surface area contributed by atoms with Crippen molar-refractivity contribution in [3.05, 3.63) is 245 Å². The number of aromatic nitrogens is 13. The zero-order valence-electron chi connectivity index (χ0n) is 80.5. The first-order valence-electron chi connectivity index (χ1n) is 48.5. The highest BCUT2D eigenvalue weighted by atomic mass is 32.2. The fourth-order valence-electron chi connectivity index (χ4n) is 20.6. The first kappa shape index (κ1) is 106. The Morgan fingerprint density at radius 1 is 0.497 bits per heavy atom. The summed E-state index contributed by atoms with van der Waals surface area (Å²) in [5.74, 6) is 9.16. The molecule has 0 bridgehead atoms. The van der Waals surface area contributed by atoms with Crippen molar-refractivity contribution in [3.63, 3.8) is 0 Å². The number of aliphatic hydroxyl groups is 7. The van der Waals surface area contributed by atoms with Gasteiger partial charge in [-0.2, -0.15) is 33.7 Å². The lowest BCUT2D eigenvalue weighted by molar-refractivity contribution is 0.00577. The smallest absolute Gasteiger partial charge is 0.333 e. The predicted molar refractivity (Wildman–Crippen MR) is 548 cm³/mol. The van der Waals surface area contributed by atoms with Gasteiger partial charge in [0.25, 0.3) is 0 Å². The fourth-order valence-corrected chi connectivity index (χ4v) is 22.1. The molecule has 1 aliphatic heterocycles. The van der Waals surface area contributed by atoms with E-state index in [2.05, 4.69) is 152 Å². The Labute approximate surface area is 850 Å². The number of imidazole rings is 2. The molecular formula is C101H118N22O20S4. The second-order valence-electron chi connectivity index (χ2n) is 38.2. The maximum atomic E-state index is 11.0. The summed E-state index contributed by atoms with van der Waals surface area (Å²) >= 11 is 0. The van der Waals surface area contributed by atoms with E-state index in [0.717, 1.165) is 100 Å². The van der Waals surface area contributed by atoms with Crippen LogP contribution in [-0.4, -0.2) is 241 Å². The van der Waals surface area contributed by atoms with Crippen molar-refractivity contribution in [1.82, 2.24) is 64.8 Å². The monoisotopic (exact) mass is 2090 g/mol. The number of aliphatic imine (C=N–C) groups is 1. The lowest BCUT2D eigenvalue weighted by Gasteiger charge is -2.29. The molecule has 7 aliphatic carbocycles. The van der Waals surface area contributed by atoms with Gasteiger partial charge in [-0.1, -0.05) is 133 Å². The van der Waals surface area contributed by atoms with Gasteiger partial charge in [0.05, 0.1) is 80.4 Å². The zero-order chi connectivity index (χ0) is 103. The van der Waals surface area contributed by atoms with Crippen LogP contribution in [0, 0.1) is 54.3 Å². The van der Waals surface area contributed by atoms with Crippen molar-refractivity contribution in [2.24, 2.45) is 61.1 Å². The molecule has 0 unspecified atom stereocenters. The van der Waals surface area contributed by atoms with E-state index in [9.17, 15) is 69.4 Å². The number of nitrogens with two attached hydrogens (primary N) is 4. The van der Waals surface area contributed by atoms with E-state index in [1.54, 1.807) is 36.6 Å². The van der Waals surface area contributed by atoms with Gasteiger partial charge < -0.3 is 71.3 Å². The molecule has 46 heteroatoms. The molecular weight excluding hydrogens is 1970 g/mol. The Bertz CT molecular complexity index is 7420. The largest absolute Gasteiger partial charge is 0.488 e. The second kappa shape index (κ2) is 46.9. The van der Waals surface area contributed by atoms with Crippen LogP contribution in [0.5, 0.6) is 5.75 Å². The summed E-state index contributed by atoms with van der Waals surface area (Å²) in [5.41, 5.74) is 17.4. The predicted octanol–water partition coefficient (Wildman–Crippen LogP) is 7.56. The number of fused-ring (bicyclic) bond motifs is 6. The van der Waals surface area contributed by atoms with Gasteiger partial charge in [-0.05, 0) is 177 Å². The van der Waals surface area contributed by atoms with Crippen molar-refractivity contribution in [3.8, 4) is 40.4 Å². The fraction of sp³-hybridized carbons (Fsp3) is 0.406. The summed E-state index contributed by atoms with van der Waals surface area (Å²) < 4.78 is 113. The molecule has 17 atom stereocenters. The molecule has 0 spiro atoms. The molecule has 7 aromatic heterocycles. The molecule has 8 heterocycles. The quantitative estimate of drug-likeness (QED) is 0.0210. The summed E-state index contributed by atoms with van der Waals surface area (Å²) in [4.78, 5) is 61.5. The van der Waals surface area contributed by atoms with Gasteiger partial charge in [0.15, 0.2) is 22.9 Å². The van der Waals surface area contributed by atoms with Crippen LogP contribution in [0.25, 0.3) is 55.9 Å². The number of aryl methyl sites for hydroxylation is 3. The minimum absolute atomic E-state index is 0.0165. The van der Waals surface area contributed by atoms with Gasteiger partial charge >= 0.3 is 41.2 Å². The maximum absolute atomic E-state index is 11.0. The molecule has 0 amide bonds. The van der Waals surface area contributed by atoms with Gasteiger partial charge in [0, 0.05) is 109 Å². The Morgan fingerprint density at radius 3 is 1.82 bits per heavy atom. The summed E-state index contributed by atoms with van der Waals surface area (Å²) in [6, 6.07) is 51.7. The number of hydrogen-bond donors (Lipinski definition) is 16. The normalized spacial score (nSPS) is 23.9. The third-order valence-electron chi connectivity index (χ3n) is 28.0. The molecule has 42 nitrogen and oxygen atoms in total. The van der Waals surface area contributed by atoms with Crippen LogP contribution in [0.4, 0.5) is 29.0 Å². The number of likely N-dealkylation sites (N-methyl/N-ethyl adjacent to an activating group) is 1. The molecule has 776 valence electrons. The molecule has 5 saturated carbocycles. The van der Waals surface area contributed by atoms with Gasteiger partial charge in [0.1, 0.15) is 89.0 Å². The van der Waals surface area contributed by atoms with Crippen molar-refractivity contribution in [2.75, 3.05) is 60.9 Å². The first-order valence-corrected chi connectivity index (χ1v) is 54.4. The van der Waals surface area contributed by atoms with Gasteiger partial charge in [-0.25, -0.2) is 80.4 Å². The number of anilines is 4. The number of aliphatic hydroxyl groups excluding tert-OH is 7. The summed E-state index contributed by atoms with van der Waals surface area (Å²) in [6.45, 7) is 1.30. The zero-order valence-corrected chi connectivity index (χ0v) is 83.7. The van der Waals surface area contributed by atoms with E-state index < -0.39 is 89.8 Å². The molecule has 0 radical (unpaired) electrons. The number of nitrogens with zero attached hydrogens (tertiary/aromatic N) is 13. The van der Waals surface area contributed by atoms with Crippen LogP contribution in [-0.2, 0) is 90.1 Å². The Morgan fingerprint density at radius 2 is 1.08 bits per heavy atom. The molecule has 21 rings (SSSR count). The number of hydrogen-bond acceptors (Lipinski definition) is 36. The summed E-state index contributed by atoms with van der Waals surface area (Å²) in [5, 5.41) is 103. The number of benzene rings is 6. The number of rotatable bonds is 28. The number of H-pyrrole nitrogens is 2. The first-order chi connectivity index (χ1) is 70.5. The highest BCUT2D eigenvalue weighted by Crippen LogP contribution is 2.43. The van der Waals surface area contributed by atoms with Crippen molar-refractivity contribution >= 4 is 109 Å². The average Bonchev–Trinajstić information content (AvgIpc) is 1.58. The number of pyridine rings is 1. The van der Waals surface area contributed by atoms with Crippen LogP contribution in [0.1, 0.15) is 139 Å². The third-order valence-corrected chi connectivity index (χ3v) is 29.9. The third kappa shape index (κ3) is 27.5. The molecule has 147 heavy (non-hydrogen) atoms. The van der Waals surface area contributed by atoms with Gasteiger partial charge in [-0.15, -0.1) is 0 Å².